The SMILES string of the molecule is O=C1NC(=S)SC1=Cc1cccc(OCc2ccccc2-c2ccccc2)c1. The normalized spacial score (nSPS) is 14.9. The predicted octanol–water partition coefficient (Wildman–Crippen LogP) is 5.42. The van der Waals surface area contributed by atoms with E-state index >= 15 is 0 Å². The molecular weight excluding hydrogens is 386 g/mol. The summed E-state index contributed by atoms with van der Waals surface area (Å²) in [5, 5.41) is 2.63. The van der Waals surface area contributed by atoms with Crippen LogP contribution in [0.4, 0.5) is 0 Å². The van der Waals surface area contributed by atoms with E-state index in [1.165, 1.54) is 17.3 Å². The summed E-state index contributed by atoms with van der Waals surface area (Å²) < 4.78 is 6.53. The average molecular weight is 404 g/mol. The van der Waals surface area contributed by atoms with E-state index in [1.807, 2.05) is 60.7 Å². The van der Waals surface area contributed by atoms with Crippen molar-refractivity contribution >= 4 is 40.3 Å². The van der Waals surface area contributed by atoms with E-state index < -0.39 is 0 Å². The molecule has 1 aliphatic heterocycles. The molecule has 5 heteroatoms. The lowest BCUT2D eigenvalue weighted by atomic mass is 10.0. The molecule has 0 aromatic heterocycles. The Morgan fingerprint density at radius 3 is 2.54 bits per heavy atom. The van der Waals surface area contributed by atoms with Gasteiger partial charge in [0.1, 0.15) is 16.7 Å². The van der Waals surface area contributed by atoms with Crippen molar-refractivity contribution in [2.45, 2.75) is 6.61 Å². The summed E-state index contributed by atoms with van der Waals surface area (Å²) in [4.78, 5) is 12.4. The smallest absolute Gasteiger partial charge is 0.263 e. The van der Waals surface area contributed by atoms with Gasteiger partial charge < -0.3 is 10.1 Å². The molecule has 0 saturated carbocycles. The molecule has 0 spiro atoms. The molecule has 3 nitrogen and oxygen atoms in total. The average Bonchev–Trinajstić information content (AvgIpc) is 3.04. The van der Waals surface area contributed by atoms with E-state index in [0.717, 1.165) is 22.4 Å². The van der Waals surface area contributed by atoms with Crippen LogP contribution in [0.5, 0.6) is 5.75 Å². The Hall–Kier alpha value is -2.89. The van der Waals surface area contributed by atoms with Crippen molar-refractivity contribution in [3.05, 3.63) is 94.9 Å². The van der Waals surface area contributed by atoms with Gasteiger partial charge in [0.15, 0.2) is 0 Å². The van der Waals surface area contributed by atoms with Gasteiger partial charge in [-0.3, -0.25) is 4.79 Å². The molecule has 28 heavy (non-hydrogen) atoms. The van der Waals surface area contributed by atoms with E-state index in [1.54, 1.807) is 0 Å². The van der Waals surface area contributed by atoms with Crippen LogP contribution in [0.1, 0.15) is 11.1 Å². The third-order valence-corrected chi connectivity index (χ3v) is 5.46. The van der Waals surface area contributed by atoms with Gasteiger partial charge >= 0.3 is 0 Å². The predicted molar refractivity (Wildman–Crippen MR) is 119 cm³/mol. The maximum absolute atomic E-state index is 11.8. The Morgan fingerprint density at radius 2 is 1.75 bits per heavy atom. The van der Waals surface area contributed by atoms with Crippen LogP contribution < -0.4 is 10.1 Å². The molecule has 1 amide bonds. The van der Waals surface area contributed by atoms with Gasteiger partial charge in [-0.15, -0.1) is 0 Å². The van der Waals surface area contributed by atoms with Crippen molar-refractivity contribution in [2.75, 3.05) is 0 Å². The quantitative estimate of drug-likeness (QED) is 0.456. The molecule has 138 valence electrons. The maximum Gasteiger partial charge on any atom is 0.263 e. The number of nitrogens with one attached hydrogen (secondary N) is 1. The largest absolute Gasteiger partial charge is 0.489 e. The first kappa shape index (κ1) is 18.5. The highest BCUT2D eigenvalue weighted by Gasteiger charge is 2.21. The molecule has 1 fully saturated rings. The van der Waals surface area contributed by atoms with E-state index in [9.17, 15) is 4.79 Å². The molecule has 1 heterocycles. The molecule has 1 saturated heterocycles. The van der Waals surface area contributed by atoms with Crippen LogP contribution in [0.25, 0.3) is 17.2 Å². The second-order valence-electron chi connectivity index (χ2n) is 6.24. The first-order chi connectivity index (χ1) is 13.7. The van der Waals surface area contributed by atoms with Crippen LogP contribution in [-0.4, -0.2) is 10.2 Å². The van der Waals surface area contributed by atoms with Gasteiger partial charge in [-0.25, -0.2) is 0 Å². The number of hydrogen-bond acceptors (Lipinski definition) is 4. The fourth-order valence-corrected chi connectivity index (χ4v) is 4.02. The molecule has 0 radical (unpaired) electrons. The first-order valence-corrected chi connectivity index (χ1v) is 10.0. The van der Waals surface area contributed by atoms with E-state index in [4.69, 9.17) is 17.0 Å². The number of thioether (sulfide) groups is 1. The van der Waals surface area contributed by atoms with E-state index in [2.05, 4.69) is 29.6 Å². The molecule has 0 bridgehead atoms. The number of benzene rings is 3. The summed E-state index contributed by atoms with van der Waals surface area (Å²) in [5.41, 5.74) is 4.35. The lowest BCUT2D eigenvalue weighted by Crippen LogP contribution is -2.17. The summed E-state index contributed by atoms with van der Waals surface area (Å²) in [6.45, 7) is 0.463. The van der Waals surface area contributed by atoms with Crippen molar-refractivity contribution in [3.8, 4) is 16.9 Å². The third kappa shape index (κ3) is 4.32. The van der Waals surface area contributed by atoms with Crippen molar-refractivity contribution in [3.63, 3.8) is 0 Å². The van der Waals surface area contributed by atoms with Crippen LogP contribution in [0.15, 0.2) is 83.8 Å². The molecule has 3 aromatic carbocycles. The molecule has 0 atom stereocenters. The zero-order valence-electron chi connectivity index (χ0n) is 14.9. The van der Waals surface area contributed by atoms with Crippen LogP contribution in [0.3, 0.4) is 0 Å². The minimum Gasteiger partial charge on any atom is -0.489 e. The van der Waals surface area contributed by atoms with Crippen LogP contribution in [0, 0.1) is 0 Å². The van der Waals surface area contributed by atoms with Gasteiger partial charge in [-0.1, -0.05) is 90.7 Å². The second-order valence-corrected chi connectivity index (χ2v) is 7.96. The van der Waals surface area contributed by atoms with Crippen molar-refractivity contribution in [2.24, 2.45) is 0 Å². The Labute approximate surface area is 173 Å². The van der Waals surface area contributed by atoms with Gasteiger partial charge in [-0.2, -0.15) is 0 Å². The highest BCUT2D eigenvalue weighted by atomic mass is 32.2. The number of hydrogen-bond donors (Lipinski definition) is 1. The van der Waals surface area contributed by atoms with Gasteiger partial charge in [0, 0.05) is 0 Å². The number of carbonyl (C=O) groups excluding carboxylic acids is 1. The molecule has 4 rings (SSSR count). The zero-order valence-corrected chi connectivity index (χ0v) is 16.6. The second kappa shape index (κ2) is 8.42. The fourth-order valence-electron chi connectivity index (χ4n) is 2.97. The number of carbonyl (C=O) groups is 1. The fraction of sp³-hybridized carbons (Fsp3) is 0.0435. The summed E-state index contributed by atoms with van der Waals surface area (Å²) in [7, 11) is 0. The molecule has 3 aromatic rings. The van der Waals surface area contributed by atoms with E-state index in [-0.39, 0.29) is 5.91 Å². The van der Waals surface area contributed by atoms with Crippen molar-refractivity contribution < 1.29 is 9.53 Å². The highest BCUT2D eigenvalue weighted by Crippen LogP contribution is 2.28. The minimum absolute atomic E-state index is 0.155. The molecule has 1 N–H and O–H groups in total. The lowest BCUT2D eigenvalue weighted by Gasteiger charge is -2.12. The lowest BCUT2D eigenvalue weighted by molar-refractivity contribution is -0.115. The Kier molecular flexibility index (Phi) is 5.55. The summed E-state index contributed by atoms with van der Waals surface area (Å²) in [6, 6.07) is 26.2. The number of amides is 1. The van der Waals surface area contributed by atoms with Crippen molar-refractivity contribution in [1.29, 1.82) is 0 Å². The van der Waals surface area contributed by atoms with Gasteiger partial charge in [-0.05, 0) is 40.5 Å². The topological polar surface area (TPSA) is 38.3 Å². The van der Waals surface area contributed by atoms with Crippen LogP contribution in [-0.2, 0) is 11.4 Å². The summed E-state index contributed by atoms with van der Waals surface area (Å²) in [5.74, 6) is 0.598. The van der Waals surface area contributed by atoms with E-state index in [0.29, 0.717) is 15.8 Å². The summed E-state index contributed by atoms with van der Waals surface area (Å²) >= 11 is 6.30. The standard InChI is InChI=1S/C23H17NO2S2/c25-22-21(28-23(27)24-22)14-16-7-6-11-19(13-16)26-15-18-10-4-5-12-20(18)17-8-2-1-3-9-17/h1-14H,15H2,(H,24,25,27). The molecule has 0 aliphatic carbocycles. The first-order valence-electron chi connectivity index (χ1n) is 8.80. The Bertz CT molecular complexity index is 1060. The molecular formula is C23H17NO2S2. The van der Waals surface area contributed by atoms with Crippen molar-refractivity contribution in [1.82, 2.24) is 5.32 Å². The zero-order chi connectivity index (χ0) is 19.3. The van der Waals surface area contributed by atoms with Gasteiger partial charge in [0.25, 0.3) is 5.91 Å². The Balaban J connectivity index is 1.52. The Morgan fingerprint density at radius 1 is 0.964 bits per heavy atom. The van der Waals surface area contributed by atoms with Gasteiger partial charge in [0.05, 0.1) is 4.91 Å². The summed E-state index contributed by atoms with van der Waals surface area (Å²) in [6.07, 6.45) is 1.82. The van der Waals surface area contributed by atoms with Crippen LogP contribution >= 0.6 is 24.0 Å². The third-order valence-electron chi connectivity index (χ3n) is 4.29. The highest BCUT2D eigenvalue weighted by molar-refractivity contribution is 8.26. The van der Waals surface area contributed by atoms with Crippen LogP contribution in [0.2, 0.25) is 0 Å². The number of thiocarbonyl (C=S) groups is 1. The number of ether oxygens (including phenoxy) is 1. The molecule has 0 unspecified atom stereocenters. The molecule has 1 aliphatic rings. The number of rotatable bonds is 5. The van der Waals surface area contributed by atoms with Gasteiger partial charge in [0.2, 0.25) is 0 Å². The monoisotopic (exact) mass is 403 g/mol. The minimum atomic E-state index is -0.155. The maximum atomic E-state index is 11.8.